The molecule has 12 heteroatoms. The first-order chi connectivity index (χ1) is 20.6. The number of piperazine rings is 1. The molecule has 1 saturated heterocycles. The molecule has 0 saturated carbocycles. The van der Waals surface area contributed by atoms with Crippen molar-refractivity contribution in [2.24, 2.45) is 0 Å². The molecule has 2 aliphatic heterocycles. The monoisotopic (exact) mass is 605 g/mol. The van der Waals surface area contributed by atoms with Crippen LogP contribution in [0.1, 0.15) is 50.9 Å². The fourth-order valence-electron chi connectivity index (χ4n) is 6.14. The van der Waals surface area contributed by atoms with Gasteiger partial charge >= 0.3 is 0 Å². The van der Waals surface area contributed by atoms with E-state index >= 15 is 4.39 Å². The van der Waals surface area contributed by atoms with Crippen LogP contribution < -0.4 is 25.4 Å². The lowest BCUT2D eigenvalue weighted by molar-refractivity contribution is -0.120. The van der Waals surface area contributed by atoms with Crippen LogP contribution in [0, 0.1) is 5.82 Å². The second-order valence-corrected chi connectivity index (χ2v) is 11.9. The predicted molar refractivity (Wildman–Crippen MR) is 165 cm³/mol. The first-order valence-corrected chi connectivity index (χ1v) is 14.7. The van der Waals surface area contributed by atoms with E-state index in [9.17, 15) is 9.59 Å². The number of amides is 1. The Labute approximate surface area is 253 Å². The molecule has 1 fully saturated rings. The predicted octanol–water partition coefficient (Wildman–Crippen LogP) is 4.65. The van der Waals surface area contributed by atoms with Gasteiger partial charge in [-0.05, 0) is 30.0 Å². The summed E-state index contributed by atoms with van der Waals surface area (Å²) in [5.41, 5.74) is 2.60. The standard InChI is InChI=1S/C31H33ClFN7O3/c1-15(2)23-27(24(16(3)4)36-14-35-23)40-29-17(12-18(32)25(37-29)22-19(33)8-7-9-21(22)43-6)26-28(31(40)42)38(5)30(41)20-13-34-10-11-39(20)26/h7-9,12,14-16,20,34H,10-11,13H2,1-6H3/t20-/m1/s1. The Balaban J connectivity index is 1.83. The van der Waals surface area contributed by atoms with Crippen LogP contribution in [0.15, 0.2) is 35.4 Å². The summed E-state index contributed by atoms with van der Waals surface area (Å²) in [6, 6.07) is 5.68. The van der Waals surface area contributed by atoms with E-state index in [4.69, 9.17) is 21.3 Å². The normalized spacial score (nSPS) is 16.7. The van der Waals surface area contributed by atoms with Crippen molar-refractivity contribution in [1.29, 1.82) is 0 Å². The molecule has 43 heavy (non-hydrogen) atoms. The molecule has 4 aromatic rings. The molecule has 1 aromatic carbocycles. The highest BCUT2D eigenvalue weighted by Gasteiger charge is 2.42. The maximum atomic E-state index is 15.4. The van der Waals surface area contributed by atoms with Gasteiger partial charge in [-0.3, -0.25) is 14.2 Å². The zero-order chi connectivity index (χ0) is 30.7. The minimum absolute atomic E-state index is 0.0798. The second-order valence-electron chi connectivity index (χ2n) is 11.5. The molecule has 2 aliphatic rings. The number of nitrogens with one attached hydrogen (secondary N) is 1. The first-order valence-electron chi connectivity index (χ1n) is 14.3. The molecule has 5 heterocycles. The highest BCUT2D eigenvalue weighted by Crippen LogP contribution is 2.44. The van der Waals surface area contributed by atoms with Crippen LogP contribution in [-0.2, 0) is 4.79 Å². The van der Waals surface area contributed by atoms with Crippen molar-refractivity contribution < 1.29 is 13.9 Å². The number of rotatable bonds is 5. The summed E-state index contributed by atoms with van der Waals surface area (Å²) >= 11 is 6.91. The van der Waals surface area contributed by atoms with Crippen molar-refractivity contribution in [1.82, 2.24) is 24.8 Å². The van der Waals surface area contributed by atoms with E-state index in [-0.39, 0.29) is 51.1 Å². The number of halogens is 2. The number of methoxy groups -OCH3 is 1. The Morgan fingerprint density at radius 2 is 1.77 bits per heavy atom. The number of carbonyl (C=O) groups excluding carboxylic acids is 1. The molecule has 3 aromatic heterocycles. The van der Waals surface area contributed by atoms with E-state index < -0.39 is 17.4 Å². The molecular formula is C31H33ClFN7O3. The Morgan fingerprint density at radius 3 is 2.42 bits per heavy atom. The fourth-order valence-corrected chi connectivity index (χ4v) is 6.39. The minimum atomic E-state index is -0.568. The van der Waals surface area contributed by atoms with E-state index in [1.54, 1.807) is 25.2 Å². The lowest BCUT2D eigenvalue weighted by atomic mass is 9.99. The van der Waals surface area contributed by atoms with Crippen LogP contribution in [0.3, 0.4) is 0 Å². The summed E-state index contributed by atoms with van der Waals surface area (Å²) in [5, 5.41) is 4.01. The summed E-state index contributed by atoms with van der Waals surface area (Å²) in [6.45, 7) is 9.51. The number of hydrogen-bond acceptors (Lipinski definition) is 8. The van der Waals surface area contributed by atoms with Gasteiger partial charge in [0.2, 0.25) is 0 Å². The number of benzene rings is 1. The van der Waals surface area contributed by atoms with Crippen molar-refractivity contribution in [2.45, 2.75) is 45.6 Å². The summed E-state index contributed by atoms with van der Waals surface area (Å²) in [4.78, 5) is 45.9. The van der Waals surface area contributed by atoms with Gasteiger partial charge in [-0.15, -0.1) is 0 Å². The van der Waals surface area contributed by atoms with Gasteiger partial charge in [0.25, 0.3) is 11.5 Å². The molecule has 6 rings (SSSR count). The molecule has 0 aliphatic carbocycles. The van der Waals surface area contributed by atoms with E-state index in [1.807, 2.05) is 32.6 Å². The molecule has 1 amide bonds. The topological polar surface area (TPSA) is 105 Å². The average Bonchev–Trinajstić information content (AvgIpc) is 2.99. The summed E-state index contributed by atoms with van der Waals surface area (Å²) in [7, 11) is 3.06. The number of pyridine rings is 2. The van der Waals surface area contributed by atoms with E-state index in [0.717, 1.165) is 0 Å². The molecule has 10 nitrogen and oxygen atoms in total. The Hall–Kier alpha value is -4.09. The van der Waals surface area contributed by atoms with E-state index in [2.05, 4.69) is 15.3 Å². The maximum Gasteiger partial charge on any atom is 0.283 e. The molecule has 224 valence electrons. The zero-order valence-electron chi connectivity index (χ0n) is 24.9. The molecule has 1 atom stereocenters. The number of carbonyl (C=O) groups is 1. The molecule has 0 spiro atoms. The quantitative estimate of drug-likeness (QED) is 0.351. The highest BCUT2D eigenvalue weighted by molar-refractivity contribution is 6.34. The summed E-state index contributed by atoms with van der Waals surface area (Å²) in [6.07, 6.45) is 1.50. The third-order valence-corrected chi connectivity index (χ3v) is 8.45. The summed E-state index contributed by atoms with van der Waals surface area (Å²) in [5.74, 6) is -0.664. The van der Waals surface area contributed by atoms with Crippen molar-refractivity contribution in [3.8, 4) is 22.7 Å². The van der Waals surface area contributed by atoms with E-state index in [1.165, 1.54) is 29.0 Å². The lowest BCUT2D eigenvalue weighted by Crippen LogP contribution is -2.62. The van der Waals surface area contributed by atoms with Crippen LogP contribution in [0.4, 0.5) is 15.8 Å². The third-order valence-electron chi connectivity index (χ3n) is 8.16. The number of aromatic nitrogens is 4. The maximum absolute atomic E-state index is 15.4. The van der Waals surface area contributed by atoms with Crippen molar-refractivity contribution in [3.05, 3.63) is 63.2 Å². The number of ether oxygens (including phenoxy) is 1. The van der Waals surface area contributed by atoms with Crippen LogP contribution >= 0.6 is 11.6 Å². The first kappa shape index (κ1) is 29.0. The van der Waals surface area contributed by atoms with Crippen LogP contribution in [-0.4, -0.2) is 65.3 Å². The Bertz CT molecular complexity index is 1810. The summed E-state index contributed by atoms with van der Waals surface area (Å²) < 4.78 is 22.4. The number of likely N-dealkylation sites (N-methyl/N-ethyl adjacent to an activating group) is 1. The van der Waals surface area contributed by atoms with Crippen molar-refractivity contribution >= 4 is 39.9 Å². The van der Waals surface area contributed by atoms with Gasteiger partial charge in [0.15, 0.2) is 5.65 Å². The van der Waals surface area contributed by atoms with Crippen LogP contribution in [0.5, 0.6) is 5.75 Å². The smallest absolute Gasteiger partial charge is 0.283 e. The van der Waals surface area contributed by atoms with Crippen molar-refractivity contribution in [2.75, 3.05) is 43.6 Å². The highest BCUT2D eigenvalue weighted by atomic mass is 35.5. The molecule has 1 N–H and O–H groups in total. The average molecular weight is 606 g/mol. The van der Waals surface area contributed by atoms with Gasteiger partial charge in [0.05, 0.1) is 46.2 Å². The van der Waals surface area contributed by atoms with Crippen LogP contribution in [0.25, 0.3) is 28.0 Å². The molecule has 0 radical (unpaired) electrons. The third kappa shape index (κ3) is 4.44. The Kier molecular flexibility index (Phi) is 7.34. The zero-order valence-corrected chi connectivity index (χ0v) is 25.7. The van der Waals surface area contributed by atoms with Gasteiger partial charge in [-0.1, -0.05) is 45.4 Å². The second kappa shape index (κ2) is 10.9. The van der Waals surface area contributed by atoms with Crippen LogP contribution in [0.2, 0.25) is 5.02 Å². The fraction of sp³-hybridized carbons (Fsp3) is 0.387. The van der Waals surface area contributed by atoms with Gasteiger partial charge in [-0.2, -0.15) is 0 Å². The number of fused-ring (bicyclic) bond motifs is 5. The van der Waals surface area contributed by atoms with E-state index in [0.29, 0.717) is 47.8 Å². The number of hydrogen-bond donors (Lipinski definition) is 1. The van der Waals surface area contributed by atoms with Crippen molar-refractivity contribution in [3.63, 3.8) is 0 Å². The lowest BCUT2D eigenvalue weighted by Gasteiger charge is -2.44. The van der Waals surface area contributed by atoms with Gasteiger partial charge < -0.3 is 19.9 Å². The van der Waals surface area contributed by atoms with Gasteiger partial charge in [0, 0.05) is 32.1 Å². The molecular weight excluding hydrogens is 573 g/mol. The SMILES string of the molecule is COc1cccc(F)c1-c1nc2c(cc1Cl)c1c(c(=O)n2-c2c(C(C)C)ncnc2C(C)C)N(C)C(=O)[C@H]2CNCCN12. The number of anilines is 2. The molecule has 0 bridgehead atoms. The van der Waals surface area contributed by atoms with Gasteiger partial charge in [-0.25, -0.2) is 19.3 Å². The number of nitrogens with zero attached hydrogens (tertiary/aromatic N) is 6. The molecule has 0 unspecified atom stereocenters. The minimum Gasteiger partial charge on any atom is -0.496 e. The largest absolute Gasteiger partial charge is 0.496 e. The Morgan fingerprint density at radius 1 is 1.07 bits per heavy atom. The van der Waals surface area contributed by atoms with Gasteiger partial charge in [0.1, 0.15) is 29.6 Å².